The number of amides is 4. The molecule has 4 rings (SSSR count). The number of hydrogen-bond acceptors (Lipinski definition) is 11. The molecule has 17 heteroatoms. The van der Waals surface area contributed by atoms with Gasteiger partial charge in [0.1, 0.15) is 35.7 Å². The maximum atomic E-state index is 13.4. The van der Waals surface area contributed by atoms with E-state index in [0.29, 0.717) is 11.1 Å². The molecule has 2 aromatic carbocycles. The van der Waals surface area contributed by atoms with Crippen LogP contribution in [0.3, 0.4) is 0 Å². The highest BCUT2D eigenvalue weighted by atomic mass is 16.4. The Kier molecular flexibility index (Phi) is 11.6. The molecule has 4 aromatic rings. The molecule has 0 saturated heterocycles. The standard InChI is InChI=1S/C31H36N10O7/c1-17(38-29(45)21(32)11-19-7-9-20(42)10-8-19)28(44)34-13-24(43)39-22(12-18-5-3-2-4-6-18)30(46)40-23(31(47)48)14-41-16-37-25-26(33)35-15-36-27(25)41/h2-10,15-17,21-23,42H,11-14,32H2,1H3,(H,34,44)(H,38,45)(H,39,43)(H,40,46)(H,47,48)(H2,33,35,36)/t17-,21+,22+,23-/m1/s1. The van der Waals surface area contributed by atoms with Gasteiger partial charge in [-0.1, -0.05) is 42.5 Å². The molecule has 10 N–H and O–H groups in total. The molecule has 0 fully saturated rings. The van der Waals surface area contributed by atoms with Crippen LogP contribution in [-0.4, -0.2) is 90.0 Å². The summed E-state index contributed by atoms with van der Waals surface area (Å²) >= 11 is 0. The van der Waals surface area contributed by atoms with Crippen molar-refractivity contribution in [1.82, 2.24) is 40.8 Å². The van der Waals surface area contributed by atoms with Crippen molar-refractivity contribution in [2.24, 2.45) is 5.73 Å². The zero-order valence-corrected chi connectivity index (χ0v) is 25.9. The summed E-state index contributed by atoms with van der Waals surface area (Å²) < 4.78 is 1.41. The highest BCUT2D eigenvalue weighted by Crippen LogP contribution is 2.15. The number of carboxylic acid groups (broad SMARTS) is 1. The summed E-state index contributed by atoms with van der Waals surface area (Å²) in [7, 11) is 0. The summed E-state index contributed by atoms with van der Waals surface area (Å²) in [5.74, 6) is -3.95. The topological polar surface area (TPSA) is 270 Å². The zero-order valence-electron chi connectivity index (χ0n) is 25.9. The van der Waals surface area contributed by atoms with Gasteiger partial charge in [-0.15, -0.1) is 0 Å². The summed E-state index contributed by atoms with van der Waals surface area (Å²) in [6.45, 7) is 0.625. The van der Waals surface area contributed by atoms with Crippen LogP contribution in [0.25, 0.3) is 11.2 Å². The number of nitrogen functional groups attached to an aromatic ring is 1. The molecule has 2 aromatic heterocycles. The number of carboxylic acids is 1. The Labute approximate surface area is 274 Å². The number of fused-ring (bicyclic) bond motifs is 1. The molecule has 4 atom stereocenters. The minimum atomic E-state index is -1.44. The Morgan fingerprint density at radius 2 is 1.52 bits per heavy atom. The molecule has 0 aliphatic heterocycles. The van der Waals surface area contributed by atoms with Crippen molar-refractivity contribution in [3.63, 3.8) is 0 Å². The van der Waals surface area contributed by atoms with Gasteiger partial charge >= 0.3 is 5.97 Å². The molecule has 0 aliphatic rings. The third-order valence-corrected chi connectivity index (χ3v) is 7.26. The lowest BCUT2D eigenvalue weighted by molar-refractivity contribution is -0.142. The number of rotatable bonds is 15. The normalized spacial score (nSPS) is 13.5. The van der Waals surface area contributed by atoms with Gasteiger partial charge in [0.2, 0.25) is 23.6 Å². The van der Waals surface area contributed by atoms with Crippen LogP contribution in [0.4, 0.5) is 5.82 Å². The third kappa shape index (κ3) is 9.46. The first kappa shape index (κ1) is 34.8. The SMILES string of the molecule is C[C@@H](NC(=O)[C@@H](N)Cc1ccc(O)cc1)C(=O)NCC(=O)N[C@@H](Cc1ccccc1)C(=O)N[C@H](Cn1cnc2c(N)ncnc21)C(=O)O. The molecule has 0 aliphatic carbocycles. The fourth-order valence-corrected chi connectivity index (χ4v) is 4.68. The van der Waals surface area contributed by atoms with E-state index in [4.69, 9.17) is 11.5 Å². The summed E-state index contributed by atoms with van der Waals surface area (Å²) in [4.78, 5) is 75.7. The van der Waals surface area contributed by atoms with Gasteiger partial charge in [-0.25, -0.2) is 19.7 Å². The largest absolute Gasteiger partial charge is 0.508 e. The van der Waals surface area contributed by atoms with Gasteiger partial charge in [0.25, 0.3) is 0 Å². The predicted molar refractivity (Wildman–Crippen MR) is 172 cm³/mol. The summed E-state index contributed by atoms with van der Waals surface area (Å²) in [6.07, 6.45) is 2.72. The summed E-state index contributed by atoms with van der Waals surface area (Å²) in [6, 6.07) is 10.3. The molecule has 0 saturated carbocycles. The van der Waals surface area contributed by atoms with Crippen LogP contribution >= 0.6 is 0 Å². The molecule has 2 heterocycles. The van der Waals surface area contributed by atoms with Crippen molar-refractivity contribution >= 4 is 46.6 Å². The molecule has 0 spiro atoms. The number of carbonyl (C=O) groups is 5. The molecule has 48 heavy (non-hydrogen) atoms. The Bertz CT molecular complexity index is 1760. The van der Waals surface area contributed by atoms with E-state index >= 15 is 0 Å². The molecule has 4 amide bonds. The Hall–Kier alpha value is -6.10. The van der Waals surface area contributed by atoms with E-state index in [-0.39, 0.29) is 42.1 Å². The van der Waals surface area contributed by atoms with E-state index in [1.54, 1.807) is 42.5 Å². The second-order valence-corrected chi connectivity index (χ2v) is 11.0. The number of phenols is 1. The van der Waals surface area contributed by atoms with Crippen LogP contribution in [0.5, 0.6) is 5.75 Å². The van der Waals surface area contributed by atoms with Gasteiger partial charge < -0.3 is 47.5 Å². The molecule has 0 bridgehead atoms. The van der Waals surface area contributed by atoms with E-state index < -0.39 is 60.3 Å². The van der Waals surface area contributed by atoms with Gasteiger partial charge in [0.15, 0.2) is 11.5 Å². The number of nitrogens with one attached hydrogen (secondary N) is 4. The second kappa shape index (κ2) is 15.9. The number of benzene rings is 2. The Balaban J connectivity index is 1.35. The average Bonchev–Trinajstić information content (AvgIpc) is 3.48. The zero-order chi connectivity index (χ0) is 34.8. The molecule has 0 radical (unpaired) electrons. The molecular formula is C31H36N10O7. The van der Waals surface area contributed by atoms with Crippen molar-refractivity contribution in [1.29, 1.82) is 0 Å². The van der Waals surface area contributed by atoms with Crippen LogP contribution in [0.1, 0.15) is 18.1 Å². The van der Waals surface area contributed by atoms with Gasteiger partial charge in [-0.05, 0) is 36.6 Å². The number of phenolic OH excluding ortho intramolecular Hbond substituents is 1. The first-order valence-corrected chi connectivity index (χ1v) is 14.8. The van der Waals surface area contributed by atoms with E-state index in [1.807, 2.05) is 0 Å². The number of nitrogens with two attached hydrogens (primary N) is 2. The first-order chi connectivity index (χ1) is 22.9. The Morgan fingerprint density at radius 3 is 2.21 bits per heavy atom. The summed E-state index contributed by atoms with van der Waals surface area (Å²) in [5.41, 5.74) is 13.7. The number of imidazole rings is 1. The van der Waals surface area contributed by atoms with E-state index in [9.17, 15) is 34.2 Å². The maximum absolute atomic E-state index is 13.4. The minimum absolute atomic E-state index is 0.0157. The van der Waals surface area contributed by atoms with E-state index in [1.165, 1.54) is 36.3 Å². The molecule has 252 valence electrons. The number of aliphatic carboxylic acids is 1. The quantitative estimate of drug-likeness (QED) is 0.0732. The second-order valence-electron chi connectivity index (χ2n) is 11.0. The number of aromatic hydroxyl groups is 1. The lowest BCUT2D eigenvalue weighted by Gasteiger charge is -2.22. The van der Waals surface area contributed by atoms with E-state index in [0.717, 1.165) is 0 Å². The first-order valence-electron chi connectivity index (χ1n) is 14.8. The minimum Gasteiger partial charge on any atom is -0.508 e. The smallest absolute Gasteiger partial charge is 0.328 e. The van der Waals surface area contributed by atoms with Crippen LogP contribution in [0.2, 0.25) is 0 Å². The third-order valence-electron chi connectivity index (χ3n) is 7.26. The van der Waals surface area contributed by atoms with Crippen LogP contribution in [-0.2, 0) is 43.4 Å². The number of carbonyl (C=O) groups excluding carboxylic acids is 4. The maximum Gasteiger partial charge on any atom is 0.328 e. The monoisotopic (exact) mass is 660 g/mol. The Morgan fingerprint density at radius 1 is 0.833 bits per heavy atom. The van der Waals surface area contributed by atoms with Crippen molar-refractivity contribution in [3.05, 3.63) is 78.4 Å². The molecule has 0 unspecified atom stereocenters. The highest BCUT2D eigenvalue weighted by molar-refractivity contribution is 5.94. The van der Waals surface area contributed by atoms with Crippen LogP contribution in [0.15, 0.2) is 67.3 Å². The lowest BCUT2D eigenvalue weighted by Crippen LogP contribution is -2.55. The molecular weight excluding hydrogens is 624 g/mol. The van der Waals surface area contributed by atoms with Crippen LogP contribution in [0, 0.1) is 0 Å². The van der Waals surface area contributed by atoms with Gasteiger partial charge in [-0.3, -0.25) is 19.2 Å². The number of aromatic nitrogens is 4. The van der Waals surface area contributed by atoms with Gasteiger partial charge in [-0.2, -0.15) is 0 Å². The van der Waals surface area contributed by atoms with Crippen molar-refractivity contribution in [3.8, 4) is 5.75 Å². The fourth-order valence-electron chi connectivity index (χ4n) is 4.68. The van der Waals surface area contributed by atoms with Crippen molar-refractivity contribution in [2.75, 3.05) is 12.3 Å². The van der Waals surface area contributed by atoms with Crippen LogP contribution < -0.4 is 32.7 Å². The molecule has 17 nitrogen and oxygen atoms in total. The number of anilines is 1. The number of nitrogens with zero attached hydrogens (tertiary/aromatic N) is 4. The van der Waals surface area contributed by atoms with E-state index in [2.05, 4.69) is 36.2 Å². The fraction of sp³-hybridized carbons (Fsp3) is 0.290. The number of hydrogen-bond donors (Lipinski definition) is 8. The van der Waals surface area contributed by atoms with Crippen molar-refractivity contribution < 1.29 is 34.2 Å². The van der Waals surface area contributed by atoms with Gasteiger partial charge in [0.05, 0.1) is 25.5 Å². The average molecular weight is 661 g/mol. The predicted octanol–water partition coefficient (Wildman–Crippen LogP) is -1.40. The lowest BCUT2D eigenvalue weighted by atomic mass is 10.0. The summed E-state index contributed by atoms with van der Waals surface area (Å²) in [5, 5.41) is 29.2. The van der Waals surface area contributed by atoms with Gasteiger partial charge in [0, 0.05) is 6.42 Å². The highest BCUT2D eigenvalue weighted by Gasteiger charge is 2.28. The van der Waals surface area contributed by atoms with Crippen molar-refractivity contribution in [2.45, 2.75) is 50.5 Å².